The van der Waals surface area contributed by atoms with Crippen LogP contribution in [0.3, 0.4) is 0 Å². The Labute approximate surface area is 190 Å². The van der Waals surface area contributed by atoms with Crippen molar-refractivity contribution in [3.05, 3.63) is 66.6 Å². The number of para-hydroxylation sites is 1. The second-order valence-electron chi connectivity index (χ2n) is 8.64. The number of rotatable bonds is 9. The van der Waals surface area contributed by atoms with Gasteiger partial charge in [0, 0.05) is 18.8 Å². The molecule has 2 aromatic heterocycles. The highest BCUT2D eigenvalue weighted by Crippen LogP contribution is 2.28. The van der Waals surface area contributed by atoms with Crippen LogP contribution < -0.4 is 10.0 Å². The van der Waals surface area contributed by atoms with Crippen molar-refractivity contribution >= 4 is 15.7 Å². The smallest absolute Gasteiger partial charge is 0.263 e. The molecule has 1 aromatic carbocycles. The van der Waals surface area contributed by atoms with Crippen LogP contribution in [0.15, 0.2) is 70.3 Å². The molecule has 170 valence electrons. The molecule has 1 fully saturated rings. The third-order valence-electron chi connectivity index (χ3n) is 6.13. The summed E-state index contributed by atoms with van der Waals surface area (Å²) >= 11 is 0. The Morgan fingerprint density at radius 2 is 1.88 bits per heavy atom. The van der Waals surface area contributed by atoms with Crippen molar-refractivity contribution in [3.63, 3.8) is 0 Å². The van der Waals surface area contributed by atoms with Crippen LogP contribution in [0.1, 0.15) is 51.0 Å². The van der Waals surface area contributed by atoms with Crippen LogP contribution >= 0.6 is 0 Å². The minimum Gasteiger partial charge on any atom is -0.463 e. The highest BCUT2D eigenvalue weighted by atomic mass is 32.2. The van der Waals surface area contributed by atoms with Crippen molar-refractivity contribution in [1.82, 2.24) is 10.3 Å². The molecule has 1 aliphatic carbocycles. The lowest BCUT2D eigenvalue weighted by Crippen LogP contribution is -2.29. The molecular formula is C25H31N3O3S. The Hall–Kier alpha value is -2.64. The molecule has 2 N–H and O–H groups in total. The molecule has 4 rings (SSSR count). The number of nitrogens with one attached hydrogen (secondary N) is 2. The maximum Gasteiger partial charge on any atom is 0.263 e. The molecule has 0 saturated heterocycles. The van der Waals surface area contributed by atoms with Gasteiger partial charge in [-0.2, -0.15) is 0 Å². The van der Waals surface area contributed by atoms with Crippen molar-refractivity contribution in [3.8, 4) is 11.5 Å². The van der Waals surface area contributed by atoms with E-state index in [0.29, 0.717) is 29.7 Å². The molecule has 2 heterocycles. The number of furan rings is 1. The van der Waals surface area contributed by atoms with Gasteiger partial charge >= 0.3 is 0 Å². The zero-order valence-electron chi connectivity index (χ0n) is 18.5. The summed E-state index contributed by atoms with van der Waals surface area (Å²) in [4.78, 5) is 4.35. The first-order valence-electron chi connectivity index (χ1n) is 11.4. The Bertz CT molecular complexity index is 1090. The molecule has 0 aliphatic heterocycles. The van der Waals surface area contributed by atoms with Gasteiger partial charge in [0.2, 0.25) is 0 Å². The molecule has 32 heavy (non-hydrogen) atoms. The van der Waals surface area contributed by atoms with Gasteiger partial charge in [0.15, 0.2) is 5.76 Å². The van der Waals surface area contributed by atoms with Gasteiger partial charge in [-0.15, -0.1) is 0 Å². The molecule has 6 nitrogen and oxygen atoms in total. The molecule has 0 spiro atoms. The number of nitrogens with zero attached hydrogens (tertiary/aromatic N) is 1. The fourth-order valence-electron chi connectivity index (χ4n) is 4.38. The van der Waals surface area contributed by atoms with Crippen LogP contribution in [-0.4, -0.2) is 19.4 Å². The van der Waals surface area contributed by atoms with Gasteiger partial charge in [-0.05, 0) is 55.2 Å². The largest absolute Gasteiger partial charge is 0.463 e. The first kappa shape index (κ1) is 22.6. The maximum absolute atomic E-state index is 13.0. The van der Waals surface area contributed by atoms with E-state index in [4.69, 9.17) is 4.42 Å². The summed E-state index contributed by atoms with van der Waals surface area (Å²) in [6.45, 7) is 2.83. The topological polar surface area (TPSA) is 84.2 Å². The third-order valence-corrected chi connectivity index (χ3v) is 7.49. The molecule has 3 aromatic rings. The maximum atomic E-state index is 13.0. The van der Waals surface area contributed by atoms with Crippen LogP contribution in [-0.2, 0) is 16.6 Å². The number of aromatic nitrogens is 1. The van der Waals surface area contributed by atoms with Gasteiger partial charge < -0.3 is 9.73 Å². The van der Waals surface area contributed by atoms with E-state index in [-0.39, 0.29) is 4.90 Å². The van der Waals surface area contributed by atoms with Crippen LogP contribution in [0.4, 0.5) is 5.69 Å². The van der Waals surface area contributed by atoms with Gasteiger partial charge in [-0.3, -0.25) is 9.71 Å². The molecule has 7 heteroatoms. The van der Waals surface area contributed by atoms with E-state index in [1.54, 1.807) is 36.6 Å². The summed E-state index contributed by atoms with van der Waals surface area (Å²) < 4.78 is 34.0. The molecule has 1 saturated carbocycles. The van der Waals surface area contributed by atoms with E-state index in [1.807, 2.05) is 18.2 Å². The quantitative estimate of drug-likeness (QED) is 0.441. The minimum atomic E-state index is -3.75. The second-order valence-corrected chi connectivity index (χ2v) is 10.3. The zero-order valence-corrected chi connectivity index (χ0v) is 19.3. The van der Waals surface area contributed by atoms with Gasteiger partial charge in [0.05, 0.1) is 12.0 Å². The number of benzene rings is 1. The van der Waals surface area contributed by atoms with Crippen molar-refractivity contribution in [2.75, 3.05) is 4.72 Å². The van der Waals surface area contributed by atoms with E-state index in [0.717, 1.165) is 11.5 Å². The van der Waals surface area contributed by atoms with Gasteiger partial charge in [0.25, 0.3) is 10.0 Å². The molecule has 0 bridgehead atoms. The number of sulfonamides is 1. The average Bonchev–Trinajstić information content (AvgIpc) is 3.34. The fourth-order valence-corrected chi connectivity index (χ4v) is 5.42. The molecule has 1 atom stereocenters. The number of pyridine rings is 1. The summed E-state index contributed by atoms with van der Waals surface area (Å²) in [7, 11) is -3.75. The van der Waals surface area contributed by atoms with E-state index in [1.165, 1.54) is 44.7 Å². The van der Waals surface area contributed by atoms with E-state index < -0.39 is 10.0 Å². The third kappa shape index (κ3) is 5.78. The Balaban J connectivity index is 1.40. The van der Waals surface area contributed by atoms with Crippen molar-refractivity contribution in [2.45, 2.75) is 62.9 Å². The lowest BCUT2D eigenvalue weighted by atomic mass is 9.85. The number of anilines is 1. The van der Waals surface area contributed by atoms with Gasteiger partial charge in [-0.25, -0.2) is 8.42 Å². The van der Waals surface area contributed by atoms with Crippen molar-refractivity contribution in [2.24, 2.45) is 5.92 Å². The van der Waals surface area contributed by atoms with E-state index in [9.17, 15) is 8.42 Å². The minimum absolute atomic E-state index is 0.112. The van der Waals surface area contributed by atoms with Crippen LogP contribution in [0.2, 0.25) is 0 Å². The van der Waals surface area contributed by atoms with E-state index in [2.05, 4.69) is 21.9 Å². The monoisotopic (exact) mass is 453 g/mol. The SMILES string of the molecule is CC(CC1CCCCC1)NCc1ccccc1NS(=O)(=O)c1ccc(-c2ccco2)nc1. The molecule has 0 radical (unpaired) electrons. The Morgan fingerprint density at radius 3 is 2.59 bits per heavy atom. The lowest BCUT2D eigenvalue weighted by molar-refractivity contribution is 0.305. The van der Waals surface area contributed by atoms with Crippen molar-refractivity contribution < 1.29 is 12.8 Å². The fraction of sp³-hybridized carbons (Fsp3) is 0.400. The standard InChI is InChI=1S/C25H31N3O3S/c1-19(16-20-8-3-2-4-9-20)26-17-21-10-5-6-11-23(21)28-32(29,30)22-13-14-24(27-18-22)25-12-7-15-31-25/h5-7,10-15,18-20,26,28H,2-4,8-9,16-17H2,1H3. The average molecular weight is 454 g/mol. The Kier molecular flexibility index (Phi) is 7.27. The highest BCUT2D eigenvalue weighted by molar-refractivity contribution is 7.92. The predicted octanol–water partition coefficient (Wildman–Crippen LogP) is 5.59. The highest BCUT2D eigenvalue weighted by Gasteiger charge is 2.19. The number of hydrogen-bond donors (Lipinski definition) is 2. The first-order chi connectivity index (χ1) is 15.5. The van der Waals surface area contributed by atoms with Crippen LogP contribution in [0.5, 0.6) is 0 Å². The van der Waals surface area contributed by atoms with Crippen molar-refractivity contribution in [1.29, 1.82) is 0 Å². The molecular weight excluding hydrogens is 422 g/mol. The zero-order chi connectivity index (χ0) is 22.4. The summed E-state index contributed by atoms with van der Waals surface area (Å²) in [5.41, 5.74) is 2.09. The van der Waals surface area contributed by atoms with Crippen LogP contribution in [0.25, 0.3) is 11.5 Å². The van der Waals surface area contributed by atoms with Crippen LogP contribution in [0, 0.1) is 5.92 Å². The predicted molar refractivity (Wildman–Crippen MR) is 127 cm³/mol. The first-order valence-corrected chi connectivity index (χ1v) is 12.8. The summed E-state index contributed by atoms with van der Waals surface area (Å²) in [6, 6.07) is 14.7. The summed E-state index contributed by atoms with van der Waals surface area (Å²) in [5.74, 6) is 1.40. The molecule has 0 amide bonds. The Morgan fingerprint density at radius 1 is 1.06 bits per heavy atom. The van der Waals surface area contributed by atoms with Gasteiger partial charge in [-0.1, -0.05) is 50.3 Å². The molecule has 1 aliphatic rings. The van der Waals surface area contributed by atoms with E-state index >= 15 is 0 Å². The molecule has 1 unspecified atom stereocenters. The number of hydrogen-bond acceptors (Lipinski definition) is 5. The lowest BCUT2D eigenvalue weighted by Gasteiger charge is -2.25. The summed E-state index contributed by atoms with van der Waals surface area (Å²) in [6.07, 6.45) is 10.8. The van der Waals surface area contributed by atoms with Gasteiger partial charge in [0.1, 0.15) is 10.6 Å². The normalized spacial score (nSPS) is 16.0. The second kappa shape index (κ2) is 10.3. The summed E-state index contributed by atoms with van der Waals surface area (Å²) in [5, 5.41) is 3.58.